The summed E-state index contributed by atoms with van der Waals surface area (Å²) in [5.74, 6) is -0.445. The Labute approximate surface area is 89.7 Å². The molecule has 0 aromatic heterocycles. The smallest absolute Gasteiger partial charge is 0.465 e. The van der Waals surface area contributed by atoms with Crippen LogP contribution in [0.4, 0.5) is 0 Å². The molecule has 0 aliphatic carbocycles. The number of hydrogen-bond donors (Lipinski definition) is 2. The number of carbonyl (C=O) groups excluding carboxylic acids is 1. The van der Waals surface area contributed by atoms with E-state index in [0.717, 1.165) is 0 Å². The Balaban J connectivity index is 0.000000921. The van der Waals surface area contributed by atoms with E-state index in [9.17, 15) is 4.79 Å². The highest BCUT2D eigenvalue weighted by Gasteiger charge is 2.11. The number of ether oxygens (including phenoxy) is 1. The van der Waals surface area contributed by atoms with Gasteiger partial charge in [-0.1, -0.05) is 26.0 Å². The highest BCUT2D eigenvalue weighted by atomic mass is 16.5. The molecule has 2 N–H and O–H groups in total. The van der Waals surface area contributed by atoms with E-state index in [4.69, 9.17) is 10.0 Å². The van der Waals surface area contributed by atoms with Crippen molar-refractivity contribution in [3.05, 3.63) is 29.8 Å². The summed E-state index contributed by atoms with van der Waals surface area (Å²) in [6, 6.07) is 5.86. The van der Waals surface area contributed by atoms with Crippen molar-refractivity contribution in [1.82, 2.24) is 0 Å². The van der Waals surface area contributed by atoms with Gasteiger partial charge in [0.15, 0.2) is 0 Å². The highest BCUT2D eigenvalue weighted by Crippen LogP contribution is 1.98. The molecule has 4 nitrogen and oxygen atoms in total. The summed E-state index contributed by atoms with van der Waals surface area (Å²) >= 11 is 0. The average molecular weight is 210 g/mol. The molecule has 0 amide bonds. The predicted molar refractivity (Wildman–Crippen MR) is 59.0 cm³/mol. The first kappa shape index (κ1) is 13.7. The third-order valence-electron chi connectivity index (χ3n) is 1.63. The van der Waals surface area contributed by atoms with E-state index >= 15 is 0 Å². The van der Waals surface area contributed by atoms with E-state index in [1.807, 2.05) is 13.8 Å². The van der Waals surface area contributed by atoms with Gasteiger partial charge in [-0.05, 0) is 17.6 Å². The second-order valence-electron chi connectivity index (χ2n) is 2.49. The first-order valence-electron chi connectivity index (χ1n) is 4.69. The maximum absolute atomic E-state index is 10.9. The molecule has 15 heavy (non-hydrogen) atoms. The Morgan fingerprint density at radius 2 is 1.67 bits per heavy atom. The molecule has 0 radical (unpaired) electrons. The molecule has 0 fully saturated rings. The van der Waals surface area contributed by atoms with E-state index in [-0.39, 0.29) is 0 Å². The van der Waals surface area contributed by atoms with Crippen molar-refractivity contribution in [2.45, 2.75) is 13.8 Å². The molecule has 5 heteroatoms. The molecule has 0 saturated heterocycles. The van der Waals surface area contributed by atoms with Gasteiger partial charge in [0.05, 0.1) is 12.7 Å². The molecule has 0 bridgehead atoms. The fourth-order valence-corrected chi connectivity index (χ4v) is 0.909. The fourth-order valence-electron chi connectivity index (χ4n) is 0.909. The minimum atomic E-state index is -1.51. The Kier molecular flexibility index (Phi) is 6.41. The summed E-state index contributed by atoms with van der Waals surface area (Å²) in [6.45, 7) is 4.00. The van der Waals surface area contributed by atoms with E-state index in [1.165, 1.54) is 31.4 Å². The third-order valence-corrected chi connectivity index (χ3v) is 1.63. The van der Waals surface area contributed by atoms with Gasteiger partial charge in [0.2, 0.25) is 0 Å². The van der Waals surface area contributed by atoms with Crippen molar-refractivity contribution in [2.24, 2.45) is 0 Å². The Bertz CT molecular complexity index is 295. The van der Waals surface area contributed by atoms with Gasteiger partial charge >= 0.3 is 13.1 Å². The van der Waals surface area contributed by atoms with Crippen molar-refractivity contribution < 1.29 is 19.6 Å². The lowest BCUT2D eigenvalue weighted by Gasteiger charge is -2.01. The van der Waals surface area contributed by atoms with Crippen molar-refractivity contribution in [2.75, 3.05) is 7.11 Å². The summed E-state index contributed by atoms with van der Waals surface area (Å²) in [7, 11) is -0.219. The van der Waals surface area contributed by atoms with Crippen LogP contribution in [0.5, 0.6) is 0 Å². The van der Waals surface area contributed by atoms with Crippen molar-refractivity contribution in [3.63, 3.8) is 0 Å². The molecule has 0 unspecified atom stereocenters. The van der Waals surface area contributed by atoms with Gasteiger partial charge in [0.25, 0.3) is 0 Å². The predicted octanol–water partition coefficient (Wildman–Crippen LogP) is 0.179. The van der Waals surface area contributed by atoms with Crippen LogP contribution in [0.2, 0.25) is 0 Å². The maximum Gasteiger partial charge on any atom is 0.488 e. The van der Waals surface area contributed by atoms with E-state index in [1.54, 1.807) is 0 Å². The molecular weight excluding hydrogens is 195 g/mol. The zero-order valence-electron chi connectivity index (χ0n) is 9.10. The normalized spacial score (nSPS) is 8.60. The van der Waals surface area contributed by atoms with Crippen molar-refractivity contribution >= 4 is 18.6 Å². The topological polar surface area (TPSA) is 66.8 Å². The van der Waals surface area contributed by atoms with Gasteiger partial charge < -0.3 is 14.8 Å². The van der Waals surface area contributed by atoms with Crippen LogP contribution in [-0.2, 0) is 4.74 Å². The highest BCUT2D eigenvalue weighted by molar-refractivity contribution is 6.58. The fraction of sp³-hybridized carbons (Fsp3) is 0.300. The van der Waals surface area contributed by atoms with Crippen LogP contribution in [-0.4, -0.2) is 30.2 Å². The minimum absolute atomic E-state index is 0.340. The Morgan fingerprint density at radius 3 is 2.00 bits per heavy atom. The number of benzene rings is 1. The van der Waals surface area contributed by atoms with Crippen LogP contribution >= 0.6 is 0 Å². The van der Waals surface area contributed by atoms with Gasteiger partial charge in [-0.3, -0.25) is 0 Å². The zero-order chi connectivity index (χ0) is 11.8. The first-order chi connectivity index (χ1) is 7.15. The monoisotopic (exact) mass is 210 g/mol. The number of carbonyl (C=O) groups is 1. The number of rotatable bonds is 2. The molecule has 1 aromatic rings. The van der Waals surface area contributed by atoms with E-state index in [2.05, 4.69) is 4.74 Å². The van der Waals surface area contributed by atoms with E-state index < -0.39 is 13.1 Å². The summed E-state index contributed by atoms with van der Waals surface area (Å²) in [6.07, 6.45) is 0. The molecule has 0 saturated carbocycles. The van der Waals surface area contributed by atoms with Crippen LogP contribution in [0, 0.1) is 0 Å². The van der Waals surface area contributed by atoms with Gasteiger partial charge in [-0.2, -0.15) is 0 Å². The van der Waals surface area contributed by atoms with Crippen LogP contribution in [0.15, 0.2) is 24.3 Å². The first-order valence-corrected chi connectivity index (χ1v) is 4.69. The van der Waals surface area contributed by atoms with Crippen LogP contribution in [0.3, 0.4) is 0 Å². The quantitative estimate of drug-likeness (QED) is 0.539. The van der Waals surface area contributed by atoms with Crippen molar-refractivity contribution in [1.29, 1.82) is 0 Å². The second-order valence-corrected chi connectivity index (χ2v) is 2.49. The lowest BCUT2D eigenvalue weighted by molar-refractivity contribution is 0.0600. The summed E-state index contributed by atoms with van der Waals surface area (Å²) in [5.41, 5.74) is 0.722. The van der Waals surface area contributed by atoms with Crippen LogP contribution in [0.1, 0.15) is 24.2 Å². The minimum Gasteiger partial charge on any atom is -0.465 e. The van der Waals surface area contributed by atoms with Gasteiger partial charge in [0.1, 0.15) is 0 Å². The standard InChI is InChI=1S/C8H9BO4.C2H6/c1-13-8(10)6-2-4-7(5-3-6)9(11)12;1-2/h2-5,11-12H,1H3;1-2H3. The second kappa shape index (κ2) is 7.03. The molecule has 1 rings (SSSR count). The molecule has 0 aliphatic rings. The van der Waals surface area contributed by atoms with Crippen molar-refractivity contribution in [3.8, 4) is 0 Å². The van der Waals surface area contributed by atoms with Crippen LogP contribution < -0.4 is 5.46 Å². The van der Waals surface area contributed by atoms with Gasteiger partial charge in [0, 0.05) is 0 Å². The summed E-state index contributed by atoms with van der Waals surface area (Å²) in [4.78, 5) is 10.9. The molecule has 0 atom stereocenters. The zero-order valence-corrected chi connectivity index (χ0v) is 9.10. The Morgan fingerprint density at radius 1 is 1.20 bits per heavy atom. The molecule has 82 valence electrons. The molecule has 0 heterocycles. The van der Waals surface area contributed by atoms with Crippen LogP contribution in [0.25, 0.3) is 0 Å². The summed E-state index contributed by atoms with van der Waals surface area (Å²) < 4.78 is 4.47. The molecule has 1 aromatic carbocycles. The maximum atomic E-state index is 10.9. The number of hydrogen-bond acceptors (Lipinski definition) is 4. The Hall–Kier alpha value is -1.33. The summed E-state index contributed by atoms with van der Waals surface area (Å²) in [5, 5.41) is 17.5. The van der Waals surface area contributed by atoms with E-state index in [0.29, 0.717) is 11.0 Å². The number of methoxy groups -OCH3 is 1. The molecule has 0 aliphatic heterocycles. The molecule has 0 spiro atoms. The molecular formula is C10H15BO4. The lowest BCUT2D eigenvalue weighted by atomic mass is 9.80. The van der Waals surface area contributed by atoms with Gasteiger partial charge in [-0.25, -0.2) is 4.79 Å². The van der Waals surface area contributed by atoms with Gasteiger partial charge in [-0.15, -0.1) is 0 Å². The number of esters is 1. The lowest BCUT2D eigenvalue weighted by Crippen LogP contribution is -2.29. The SMILES string of the molecule is CC.COC(=O)c1ccc(B(O)O)cc1. The third kappa shape index (κ3) is 4.14. The largest absolute Gasteiger partial charge is 0.488 e. The average Bonchev–Trinajstić information content (AvgIpc) is 2.31.